The first kappa shape index (κ1) is 11.1. The van der Waals surface area contributed by atoms with Crippen LogP contribution in [0.15, 0.2) is 48.8 Å². The number of rotatable bonds is 2. The third kappa shape index (κ3) is 2.05. The molecule has 0 radical (unpaired) electrons. The molecule has 3 aromatic rings. The Hall–Kier alpha value is -2.00. The Kier molecular flexibility index (Phi) is 2.68. The molecule has 0 saturated heterocycles. The van der Waals surface area contributed by atoms with E-state index in [0.717, 1.165) is 16.9 Å². The standard InChI is InChI=1S/C14H11ClN2O/c15-11-5-6-17-9-12(16-14(17)8-11)7-10-3-1-2-4-13(10)18/h1-6,8-9,18H,7H2. The van der Waals surface area contributed by atoms with Gasteiger partial charge in [0, 0.05) is 23.8 Å². The van der Waals surface area contributed by atoms with Crippen molar-refractivity contribution in [2.24, 2.45) is 0 Å². The van der Waals surface area contributed by atoms with Gasteiger partial charge in [0.25, 0.3) is 0 Å². The lowest BCUT2D eigenvalue weighted by Gasteiger charge is -2.00. The fraction of sp³-hybridized carbons (Fsp3) is 0.0714. The Bertz CT molecular complexity index is 706. The summed E-state index contributed by atoms with van der Waals surface area (Å²) in [6, 6.07) is 10.9. The highest BCUT2D eigenvalue weighted by molar-refractivity contribution is 6.30. The van der Waals surface area contributed by atoms with E-state index in [1.807, 2.05) is 47.1 Å². The van der Waals surface area contributed by atoms with Gasteiger partial charge in [-0.1, -0.05) is 29.8 Å². The summed E-state index contributed by atoms with van der Waals surface area (Å²) in [4.78, 5) is 4.48. The van der Waals surface area contributed by atoms with Gasteiger partial charge in [0.2, 0.25) is 0 Å². The predicted octanol–water partition coefficient (Wildman–Crippen LogP) is 3.28. The second-order valence-electron chi connectivity index (χ2n) is 4.15. The molecule has 0 unspecified atom stereocenters. The minimum atomic E-state index is 0.299. The molecular weight excluding hydrogens is 248 g/mol. The van der Waals surface area contributed by atoms with Gasteiger partial charge < -0.3 is 9.51 Å². The molecule has 0 amide bonds. The molecule has 2 aromatic heterocycles. The van der Waals surface area contributed by atoms with E-state index >= 15 is 0 Å². The molecular formula is C14H11ClN2O. The Morgan fingerprint density at radius 2 is 2.06 bits per heavy atom. The molecule has 0 fully saturated rings. The fourth-order valence-corrected chi connectivity index (χ4v) is 2.10. The first-order chi connectivity index (χ1) is 8.72. The van der Waals surface area contributed by atoms with Crippen LogP contribution in [0.5, 0.6) is 5.75 Å². The number of fused-ring (bicyclic) bond motifs is 1. The van der Waals surface area contributed by atoms with E-state index in [-0.39, 0.29) is 0 Å². The Labute approximate surface area is 109 Å². The molecule has 0 bridgehead atoms. The second kappa shape index (κ2) is 4.35. The summed E-state index contributed by atoms with van der Waals surface area (Å²) in [6.45, 7) is 0. The Morgan fingerprint density at radius 3 is 2.89 bits per heavy atom. The summed E-state index contributed by atoms with van der Waals surface area (Å²) in [7, 11) is 0. The van der Waals surface area contributed by atoms with Crippen LogP contribution in [0.4, 0.5) is 0 Å². The highest BCUT2D eigenvalue weighted by Gasteiger charge is 2.06. The molecule has 0 aliphatic rings. The lowest BCUT2D eigenvalue weighted by atomic mass is 10.1. The SMILES string of the molecule is Oc1ccccc1Cc1cn2ccc(Cl)cc2n1. The number of para-hydroxylation sites is 1. The number of pyridine rings is 1. The molecule has 0 aliphatic heterocycles. The number of halogens is 1. The summed E-state index contributed by atoms with van der Waals surface area (Å²) >= 11 is 5.92. The van der Waals surface area contributed by atoms with Crippen LogP contribution in [0, 0.1) is 0 Å². The van der Waals surface area contributed by atoms with Crippen molar-refractivity contribution in [2.45, 2.75) is 6.42 Å². The number of benzene rings is 1. The van der Waals surface area contributed by atoms with Crippen LogP contribution in [0.25, 0.3) is 5.65 Å². The van der Waals surface area contributed by atoms with Crippen LogP contribution < -0.4 is 0 Å². The van der Waals surface area contributed by atoms with Crippen molar-refractivity contribution in [3.05, 3.63) is 65.1 Å². The van der Waals surface area contributed by atoms with Crippen LogP contribution in [0.2, 0.25) is 5.02 Å². The molecule has 3 rings (SSSR count). The third-order valence-electron chi connectivity index (χ3n) is 2.84. The molecule has 90 valence electrons. The number of phenols is 1. The summed E-state index contributed by atoms with van der Waals surface area (Å²) in [5.74, 6) is 0.299. The minimum absolute atomic E-state index is 0.299. The van der Waals surface area contributed by atoms with E-state index in [2.05, 4.69) is 4.98 Å². The van der Waals surface area contributed by atoms with Gasteiger partial charge in [0.1, 0.15) is 11.4 Å². The van der Waals surface area contributed by atoms with Gasteiger partial charge in [0.05, 0.1) is 5.69 Å². The Morgan fingerprint density at radius 1 is 1.22 bits per heavy atom. The molecule has 3 nitrogen and oxygen atoms in total. The van der Waals surface area contributed by atoms with Crippen molar-refractivity contribution in [3.63, 3.8) is 0 Å². The maximum atomic E-state index is 9.74. The lowest BCUT2D eigenvalue weighted by molar-refractivity contribution is 0.469. The van der Waals surface area contributed by atoms with Gasteiger partial charge in [-0.2, -0.15) is 0 Å². The van der Waals surface area contributed by atoms with Crippen molar-refractivity contribution >= 4 is 17.2 Å². The maximum Gasteiger partial charge on any atom is 0.138 e. The van der Waals surface area contributed by atoms with Crippen molar-refractivity contribution < 1.29 is 5.11 Å². The quantitative estimate of drug-likeness (QED) is 0.766. The molecule has 0 aliphatic carbocycles. The summed E-state index contributed by atoms with van der Waals surface area (Å²) < 4.78 is 1.92. The third-order valence-corrected chi connectivity index (χ3v) is 3.07. The van der Waals surface area contributed by atoms with E-state index < -0.39 is 0 Å². The van der Waals surface area contributed by atoms with Crippen LogP contribution in [0.1, 0.15) is 11.3 Å². The van der Waals surface area contributed by atoms with E-state index in [9.17, 15) is 5.11 Å². The number of imidazole rings is 1. The summed E-state index contributed by atoms with van der Waals surface area (Å²) in [6.07, 6.45) is 4.42. The zero-order chi connectivity index (χ0) is 12.5. The molecule has 18 heavy (non-hydrogen) atoms. The number of hydrogen-bond acceptors (Lipinski definition) is 2. The van der Waals surface area contributed by atoms with Gasteiger partial charge in [-0.25, -0.2) is 4.98 Å². The summed E-state index contributed by atoms with van der Waals surface area (Å²) in [5.41, 5.74) is 2.58. The lowest BCUT2D eigenvalue weighted by Crippen LogP contribution is -1.88. The first-order valence-corrected chi connectivity index (χ1v) is 6.00. The van der Waals surface area contributed by atoms with Crippen molar-refractivity contribution in [2.75, 3.05) is 0 Å². The summed E-state index contributed by atoms with van der Waals surface area (Å²) in [5, 5.41) is 10.4. The van der Waals surface area contributed by atoms with E-state index in [0.29, 0.717) is 17.2 Å². The van der Waals surface area contributed by atoms with Crippen LogP contribution in [-0.4, -0.2) is 14.5 Å². The smallest absolute Gasteiger partial charge is 0.138 e. The van der Waals surface area contributed by atoms with Gasteiger partial charge in [-0.15, -0.1) is 0 Å². The van der Waals surface area contributed by atoms with Crippen LogP contribution in [-0.2, 0) is 6.42 Å². The molecule has 0 saturated carbocycles. The van der Waals surface area contributed by atoms with Crippen molar-refractivity contribution in [1.29, 1.82) is 0 Å². The largest absolute Gasteiger partial charge is 0.508 e. The number of nitrogens with zero attached hydrogens (tertiary/aromatic N) is 2. The molecule has 2 heterocycles. The predicted molar refractivity (Wildman–Crippen MR) is 71.1 cm³/mol. The highest BCUT2D eigenvalue weighted by atomic mass is 35.5. The van der Waals surface area contributed by atoms with Crippen LogP contribution >= 0.6 is 11.6 Å². The molecule has 4 heteroatoms. The highest BCUT2D eigenvalue weighted by Crippen LogP contribution is 2.20. The molecule has 1 N–H and O–H groups in total. The van der Waals surface area contributed by atoms with Gasteiger partial charge in [-0.05, 0) is 23.8 Å². The minimum Gasteiger partial charge on any atom is -0.508 e. The van der Waals surface area contributed by atoms with Crippen molar-refractivity contribution in [3.8, 4) is 5.75 Å². The number of hydrogen-bond donors (Lipinski definition) is 1. The topological polar surface area (TPSA) is 37.5 Å². The average molecular weight is 259 g/mol. The maximum absolute atomic E-state index is 9.74. The monoisotopic (exact) mass is 258 g/mol. The van der Waals surface area contributed by atoms with E-state index in [1.165, 1.54) is 0 Å². The van der Waals surface area contributed by atoms with E-state index in [1.54, 1.807) is 6.07 Å². The van der Waals surface area contributed by atoms with Crippen molar-refractivity contribution in [1.82, 2.24) is 9.38 Å². The van der Waals surface area contributed by atoms with Crippen LogP contribution in [0.3, 0.4) is 0 Å². The van der Waals surface area contributed by atoms with Gasteiger partial charge in [-0.3, -0.25) is 0 Å². The fourth-order valence-electron chi connectivity index (χ4n) is 1.95. The number of aromatic nitrogens is 2. The zero-order valence-electron chi connectivity index (χ0n) is 9.55. The van der Waals surface area contributed by atoms with Gasteiger partial charge in [0.15, 0.2) is 0 Å². The molecule has 0 atom stereocenters. The molecule has 1 aromatic carbocycles. The zero-order valence-corrected chi connectivity index (χ0v) is 10.3. The Balaban J connectivity index is 1.98. The normalized spacial score (nSPS) is 10.9. The number of aromatic hydroxyl groups is 1. The molecule has 0 spiro atoms. The average Bonchev–Trinajstić information content (AvgIpc) is 2.73. The second-order valence-corrected chi connectivity index (χ2v) is 4.58. The number of phenolic OH excluding ortho intramolecular Hbond substituents is 1. The van der Waals surface area contributed by atoms with Gasteiger partial charge >= 0.3 is 0 Å². The first-order valence-electron chi connectivity index (χ1n) is 5.62. The van der Waals surface area contributed by atoms with E-state index in [4.69, 9.17) is 11.6 Å².